The smallest absolute Gasteiger partial charge is 0.406 e. The van der Waals surface area contributed by atoms with Gasteiger partial charge in [-0.05, 0) is 31.8 Å². The van der Waals surface area contributed by atoms with Crippen LogP contribution in [0.25, 0.3) is 0 Å². The Labute approximate surface area is 120 Å². The van der Waals surface area contributed by atoms with E-state index in [9.17, 15) is 9.59 Å². The van der Waals surface area contributed by atoms with Gasteiger partial charge in [-0.15, -0.1) is 0 Å². The quantitative estimate of drug-likeness (QED) is 0.571. The molecule has 0 aliphatic heterocycles. The van der Waals surface area contributed by atoms with Crippen molar-refractivity contribution in [2.75, 3.05) is 13.7 Å². The summed E-state index contributed by atoms with van der Waals surface area (Å²) in [6, 6.07) is 0. The van der Waals surface area contributed by atoms with Crippen LogP contribution in [0.15, 0.2) is 11.6 Å². The van der Waals surface area contributed by atoms with Crippen molar-refractivity contribution in [2.24, 2.45) is 5.41 Å². The first-order chi connectivity index (χ1) is 9.22. The molecule has 2 N–H and O–H groups in total. The van der Waals surface area contributed by atoms with Crippen LogP contribution >= 0.6 is 0 Å². The van der Waals surface area contributed by atoms with Crippen LogP contribution < -0.4 is 5.32 Å². The van der Waals surface area contributed by atoms with E-state index in [-0.39, 0.29) is 17.3 Å². The molecule has 0 bridgehead atoms. The predicted molar refractivity (Wildman–Crippen MR) is 76.3 cm³/mol. The van der Waals surface area contributed by atoms with Crippen LogP contribution in [0.1, 0.15) is 40.5 Å². The van der Waals surface area contributed by atoms with Gasteiger partial charge in [0.15, 0.2) is 5.78 Å². The van der Waals surface area contributed by atoms with Crippen LogP contribution in [0, 0.1) is 10.8 Å². The Bertz CT molecular complexity index is 381. The van der Waals surface area contributed by atoms with Crippen LogP contribution in [0.2, 0.25) is 0 Å². The van der Waals surface area contributed by atoms with Gasteiger partial charge < -0.3 is 10.1 Å². The van der Waals surface area contributed by atoms with E-state index in [0.29, 0.717) is 13.0 Å². The number of hydrogen-bond donors (Lipinski definition) is 2. The number of amides is 1. The molecule has 6 heteroatoms. The number of isocyanates is 1. The van der Waals surface area contributed by atoms with Crippen LogP contribution in [-0.4, -0.2) is 31.6 Å². The molecule has 0 aromatic carbocycles. The van der Waals surface area contributed by atoms with E-state index in [0.717, 1.165) is 12.5 Å². The maximum absolute atomic E-state index is 11.0. The lowest BCUT2D eigenvalue weighted by Crippen LogP contribution is -2.20. The molecule has 6 nitrogen and oxygen atoms in total. The lowest BCUT2D eigenvalue weighted by Gasteiger charge is -2.27. The molecule has 0 saturated heterocycles. The Hall–Kier alpha value is -1.94. The monoisotopic (exact) mass is 284 g/mol. The minimum absolute atomic E-state index is 0.204. The Kier molecular flexibility index (Phi) is 11.1. The van der Waals surface area contributed by atoms with Gasteiger partial charge in [0.2, 0.25) is 6.08 Å². The number of alkyl carbamates (subject to hydrolysis) is 1. The maximum atomic E-state index is 11.0. The number of nitrogens with one attached hydrogen (secondary N) is 2. The third-order valence-electron chi connectivity index (χ3n) is 2.30. The van der Waals surface area contributed by atoms with Crippen molar-refractivity contribution in [1.82, 2.24) is 5.32 Å². The number of ketones is 1. The second-order valence-electron chi connectivity index (χ2n) is 5.05. The van der Waals surface area contributed by atoms with E-state index in [4.69, 9.17) is 10.2 Å². The van der Waals surface area contributed by atoms with E-state index >= 15 is 0 Å². The Morgan fingerprint density at radius 2 is 2.00 bits per heavy atom. The summed E-state index contributed by atoms with van der Waals surface area (Å²) >= 11 is 0. The van der Waals surface area contributed by atoms with Crippen molar-refractivity contribution in [3.8, 4) is 0 Å². The zero-order chi connectivity index (χ0) is 16.2. The molecule has 114 valence electrons. The number of carbonyl (C=O) groups is 2. The fourth-order valence-corrected chi connectivity index (χ4v) is 1.87. The van der Waals surface area contributed by atoms with Gasteiger partial charge in [-0.25, -0.2) is 15.0 Å². The normalized spacial score (nSPS) is 15.2. The summed E-state index contributed by atoms with van der Waals surface area (Å²) < 4.78 is 4.44. The molecular weight excluding hydrogens is 260 g/mol. The molecular formula is C14H24N2O4. The van der Waals surface area contributed by atoms with Gasteiger partial charge in [0, 0.05) is 13.5 Å². The highest BCUT2D eigenvalue weighted by atomic mass is 16.5. The Morgan fingerprint density at radius 3 is 2.25 bits per heavy atom. The fraction of sp³-hybridized carbons (Fsp3) is 0.643. The number of rotatable bonds is 1. The van der Waals surface area contributed by atoms with Crippen LogP contribution in [-0.2, 0) is 14.3 Å². The average Bonchev–Trinajstić information content (AvgIpc) is 2.27. The summed E-state index contributed by atoms with van der Waals surface area (Å²) in [6.45, 7) is 8.50. The Balaban J connectivity index is 0. The third kappa shape index (κ3) is 12.5. The molecule has 0 heterocycles. The Morgan fingerprint density at radius 1 is 1.50 bits per heavy atom. The molecule has 0 aromatic heterocycles. The summed E-state index contributed by atoms with van der Waals surface area (Å²) in [4.78, 5) is 29.4. The summed E-state index contributed by atoms with van der Waals surface area (Å²) in [7, 11) is 1.53. The summed E-state index contributed by atoms with van der Waals surface area (Å²) in [6.07, 6.45) is 3.93. The second-order valence-corrected chi connectivity index (χ2v) is 5.05. The molecule has 0 fully saturated rings. The summed E-state index contributed by atoms with van der Waals surface area (Å²) in [5.74, 6) is 0.286. The second kappa shape index (κ2) is 10.9. The molecule has 0 saturated carbocycles. The first-order valence-corrected chi connectivity index (χ1v) is 6.30. The van der Waals surface area contributed by atoms with Crippen LogP contribution in [0.3, 0.4) is 0 Å². The van der Waals surface area contributed by atoms with E-state index in [1.54, 1.807) is 13.0 Å². The highest BCUT2D eigenvalue weighted by molar-refractivity contribution is 5.91. The minimum Gasteiger partial charge on any atom is -0.450 e. The van der Waals surface area contributed by atoms with Crippen LogP contribution in [0.5, 0.6) is 0 Å². The average molecular weight is 284 g/mol. The van der Waals surface area contributed by atoms with Gasteiger partial charge in [0.05, 0.1) is 6.61 Å². The highest BCUT2D eigenvalue weighted by Gasteiger charge is 2.25. The topological polar surface area (TPSA) is 96.3 Å². The fourth-order valence-electron chi connectivity index (χ4n) is 1.87. The van der Waals surface area contributed by atoms with Gasteiger partial charge in [-0.2, -0.15) is 0 Å². The molecule has 0 spiro atoms. The summed E-state index contributed by atoms with van der Waals surface area (Å²) in [5, 5.41) is 7.71. The SMILES string of the molecule is CC1=CC(=O)CC(C)(C)C1.CCOC(=O)NC.N=C=O. The van der Waals surface area contributed by atoms with Gasteiger partial charge in [0.25, 0.3) is 0 Å². The minimum atomic E-state index is -0.373. The molecule has 0 aromatic rings. The zero-order valence-electron chi connectivity index (χ0n) is 12.8. The first-order valence-electron chi connectivity index (χ1n) is 6.30. The number of hydrogen-bond acceptors (Lipinski definition) is 5. The van der Waals surface area contributed by atoms with Crippen molar-refractivity contribution in [3.63, 3.8) is 0 Å². The molecule has 0 atom stereocenters. The van der Waals surface area contributed by atoms with Crippen molar-refractivity contribution >= 4 is 18.0 Å². The molecule has 1 aliphatic carbocycles. The molecule has 20 heavy (non-hydrogen) atoms. The zero-order valence-corrected chi connectivity index (χ0v) is 12.8. The standard InChI is InChI=1S/C9H14O.C4H9NO2.CHNO/c1-7-4-8(10)6-9(2,3)5-7;1-3-7-4(6)5-2;2-1-3/h4H,5-6H2,1-3H3;3H2,1-2H3,(H,5,6);2H. The summed E-state index contributed by atoms with van der Waals surface area (Å²) in [5.41, 5.74) is 1.43. The number of allylic oxidation sites excluding steroid dienone is 2. The lowest BCUT2D eigenvalue weighted by atomic mass is 9.77. The van der Waals surface area contributed by atoms with E-state index in [2.05, 4.69) is 23.9 Å². The lowest BCUT2D eigenvalue weighted by molar-refractivity contribution is -0.117. The first kappa shape index (κ1) is 20.4. The van der Waals surface area contributed by atoms with Gasteiger partial charge in [-0.1, -0.05) is 19.4 Å². The van der Waals surface area contributed by atoms with Crippen molar-refractivity contribution in [2.45, 2.75) is 40.5 Å². The highest BCUT2D eigenvalue weighted by Crippen LogP contribution is 2.32. The van der Waals surface area contributed by atoms with E-state index in [1.165, 1.54) is 12.6 Å². The molecule has 1 amide bonds. The van der Waals surface area contributed by atoms with Gasteiger partial charge >= 0.3 is 6.09 Å². The van der Waals surface area contributed by atoms with E-state index in [1.807, 2.05) is 6.92 Å². The molecule has 1 rings (SSSR count). The molecule has 0 unspecified atom stereocenters. The number of carbonyl (C=O) groups excluding carboxylic acids is 3. The van der Waals surface area contributed by atoms with Gasteiger partial charge in [0.1, 0.15) is 0 Å². The maximum Gasteiger partial charge on any atom is 0.406 e. The largest absolute Gasteiger partial charge is 0.450 e. The predicted octanol–water partition coefficient (Wildman–Crippen LogP) is 2.59. The molecule has 0 radical (unpaired) electrons. The van der Waals surface area contributed by atoms with Gasteiger partial charge in [-0.3, -0.25) is 4.79 Å². The van der Waals surface area contributed by atoms with Crippen molar-refractivity contribution in [1.29, 1.82) is 5.41 Å². The van der Waals surface area contributed by atoms with Crippen molar-refractivity contribution < 1.29 is 19.1 Å². The third-order valence-corrected chi connectivity index (χ3v) is 2.30. The van der Waals surface area contributed by atoms with Crippen LogP contribution in [0.4, 0.5) is 4.79 Å². The number of ether oxygens (including phenoxy) is 1. The van der Waals surface area contributed by atoms with Crippen molar-refractivity contribution in [3.05, 3.63) is 11.6 Å². The van der Waals surface area contributed by atoms with E-state index < -0.39 is 0 Å². The molecule has 1 aliphatic rings.